The molecule has 2 heteroatoms. The van der Waals surface area contributed by atoms with Crippen LogP contribution < -0.4 is 10.1 Å². The van der Waals surface area contributed by atoms with Crippen molar-refractivity contribution in [2.24, 2.45) is 5.92 Å². The van der Waals surface area contributed by atoms with Gasteiger partial charge in [-0.3, -0.25) is 0 Å². The highest BCUT2D eigenvalue weighted by molar-refractivity contribution is 5.43. The normalized spacial score (nSPS) is 15.2. The van der Waals surface area contributed by atoms with Gasteiger partial charge >= 0.3 is 0 Å². The second-order valence-corrected chi connectivity index (χ2v) is 4.84. The largest absolute Gasteiger partial charge is 0.496 e. The van der Waals surface area contributed by atoms with Crippen LogP contribution in [-0.4, -0.2) is 13.7 Å². The van der Waals surface area contributed by atoms with Gasteiger partial charge < -0.3 is 10.1 Å². The molecule has 0 amide bonds. The fraction of sp³-hybridized carbons (Fsp3) is 0.571. The molecule has 0 radical (unpaired) electrons. The first-order chi connectivity index (χ1) is 7.70. The Hall–Kier alpha value is -1.02. The Balaban J connectivity index is 1.97. The quantitative estimate of drug-likeness (QED) is 0.822. The van der Waals surface area contributed by atoms with E-state index in [0.29, 0.717) is 0 Å². The minimum atomic E-state index is 0.945. The zero-order chi connectivity index (χ0) is 11.5. The van der Waals surface area contributed by atoms with Crippen molar-refractivity contribution in [1.82, 2.24) is 5.32 Å². The lowest BCUT2D eigenvalue weighted by molar-refractivity contribution is 0.408. The number of hydrogen-bond donors (Lipinski definition) is 1. The third kappa shape index (κ3) is 2.76. The molecule has 0 spiro atoms. The SMILES string of the molecule is COc1c(C)cc(CNCC2CC2)cc1C. The average Bonchev–Trinajstić information content (AvgIpc) is 3.01. The van der Waals surface area contributed by atoms with E-state index in [9.17, 15) is 0 Å². The summed E-state index contributed by atoms with van der Waals surface area (Å²) in [5, 5.41) is 3.51. The van der Waals surface area contributed by atoms with E-state index in [4.69, 9.17) is 4.74 Å². The molecule has 0 bridgehead atoms. The number of methoxy groups -OCH3 is 1. The maximum absolute atomic E-state index is 5.36. The van der Waals surface area contributed by atoms with Crippen molar-refractivity contribution in [3.63, 3.8) is 0 Å². The van der Waals surface area contributed by atoms with Crippen LogP contribution in [0.5, 0.6) is 5.75 Å². The number of rotatable bonds is 5. The maximum Gasteiger partial charge on any atom is 0.124 e. The van der Waals surface area contributed by atoms with Crippen molar-refractivity contribution in [1.29, 1.82) is 0 Å². The van der Waals surface area contributed by atoms with Gasteiger partial charge in [0, 0.05) is 6.54 Å². The van der Waals surface area contributed by atoms with E-state index >= 15 is 0 Å². The fourth-order valence-corrected chi connectivity index (χ4v) is 2.21. The molecule has 0 unspecified atom stereocenters. The van der Waals surface area contributed by atoms with Crippen molar-refractivity contribution in [3.05, 3.63) is 28.8 Å². The van der Waals surface area contributed by atoms with Gasteiger partial charge in [-0.25, -0.2) is 0 Å². The standard InChI is InChI=1S/C14H21NO/c1-10-6-13(7-11(2)14(10)16-3)9-15-8-12-4-5-12/h6-7,12,15H,4-5,8-9H2,1-3H3. The summed E-state index contributed by atoms with van der Waals surface area (Å²) in [6, 6.07) is 4.43. The zero-order valence-electron chi connectivity index (χ0n) is 10.5. The summed E-state index contributed by atoms with van der Waals surface area (Å²) in [6.07, 6.45) is 2.82. The van der Waals surface area contributed by atoms with E-state index in [2.05, 4.69) is 31.3 Å². The molecule has 0 saturated heterocycles. The molecule has 1 saturated carbocycles. The van der Waals surface area contributed by atoms with Crippen LogP contribution in [0.4, 0.5) is 0 Å². The first-order valence-corrected chi connectivity index (χ1v) is 6.05. The van der Waals surface area contributed by atoms with Crippen molar-refractivity contribution in [2.75, 3.05) is 13.7 Å². The van der Waals surface area contributed by atoms with Crippen LogP contribution in [0.15, 0.2) is 12.1 Å². The zero-order valence-corrected chi connectivity index (χ0v) is 10.5. The fourth-order valence-electron chi connectivity index (χ4n) is 2.21. The number of nitrogens with one attached hydrogen (secondary N) is 1. The molecule has 0 heterocycles. The molecule has 1 fully saturated rings. The summed E-state index contributed by atoms with van der Waals surface area (Å²) in [5.41, 5.74) is 3.81. The highest BCUT2D eigenvalue weighted by Crippen LogP contribution is 2.28. The second-order valence-electron chi connectivity index (χ2n) is 4.84. The molecule has 1 N–H and O–H groups in total. The smallest absolute Gasteiger partial charge is 0.124 e. The average molecular weight is 219 g/mol. The lowest BCUT2D eigenvalue weighted by atomic mass is 10.1. The summed E-state index contributed by atoms with van der Waals surface area (Å²) in [7, 11) is 1.74. The molecule has 1 aliphatic carbocycles. The Bertz CT molecular complexity index is 346. The number of benzene rings is 1. The molecule has 2 nitrogen and oxygen atoms in total. The predicted molar refractivity (Wildman–Crippen MR) is 66.9 cm³/mol. The molecule has 1 aromatic carbocycles. The summed E-state index contributed by atoms with van der Waals surface area (Å²) in [6.45, 7) is 6.36. The van der Waals surface area contributed by atoms with Crippen LogP contribution in [-0.2, 0) is 6.54 Å². The predicted octanol–water partition coefficient (Wildman–Crippen LogP) is 2.81. The molecule has 1 aromatic rings. The van der Waals surface area contributed by atoms with Crippen LogP contribution in [0.1, 0.15) is 29.5 Å². The van der Waals surface area contributed by atoms with Crippen molar-refractivity contribution in [3.8, 4) is 5.75 Å². The van der Waals surface area contributed by atoms with Gasteiger partial charge in [-0.15, -0.1) is 0 Å². The van der Waals surface area contributed by atoms with Crippen LogP contribution in [0.3, 0.4) is 0 Å². The Kier molecular flexibility index (Phi) is 3.49. The van der Waals surface area contributed by atoms with Crippen molar-refractivity contribution >= 4 is 0 Å². The Morgan fingerprint density at radius 1 is 1.25 bits per heavy atom. The van der Waals surface area contributed by atoms with Gasteiger partial charge in [0.2, 0.25) is 0 Å². The minimum Gasteiger partial charge on any atom is -0.496 e. The van der Waals surface area contributed by atoms with Gasteiger partial charge in [-0.05, 0) is 55.8 Å². The lowest BCUT2D eigenvalue weighted by Crippen LogP contribution is -2.16. The van der Waals surface area contributed by atoms with E-state index in [-0.39, 0.29) is 0 Å². The Morgan fingerprint density at radius 3 is 2.38 bits per heavy atom. The van der Waals surface area contributed by atoms with Gasteiger partial charge in [0.05, 0.1) is 7.11 Å². The summed E-state index contributed by atoms with van der Waals surface area (Å²) < 4.78 is 5.36. The molecule has 88 valence electrons. The van der Waals surface area contributed by atoms with Gasteiger partial charge in [-0.1, -0.05) is 12.1 Å². The molecule has 0 aliphatic heterocycles. The summed E-state index contributed by atoms with van der Waals surface area (Å²) in [4.78, 5) is 0. The molecule has 2 rings (SSSR count). The summed E-state index contributed by atoms with van der Waals surface area (Å²) >= 11 is 0. The van der Waals surface area contributed by atoms with Gasteiger partial charge in [0.25, 0.3) is 0 Å². The van der Waals surface area contributed by atoms with E-state index in [1.54, 1.807) is 7.11 Å². The number of hydrogen-bond acceptors (Lipinski definition) is 2. The van der Waals surface area contributed by atoms with E-state index < -0.39 is 0 Å². The van der Waals surface area contributed by atoms with Crippen molar-refractivity contribution < 1.29 is 4.74 Å². The van der Waals surface area contributed by atoms with Crippen LogP contribution in [0, 0.1) is 19.8 Å². The molecule has 1 aliphatic rings. The summed E-state index contributed by atoms with van der Waals surface area (Å²) in [5.74, 6) is 1.96. The van der Waals surface area contributed by atoms with Crippen LogP contribution in [0.2, 0.25) is 0 Å². The second kappa shape index (κ2) is 4.88. The minimum absolute atomic E-state index is 0.945. The first kappa shape index (κ1) is 11.5. The topological polar surface area (TPSA) is 21.3 Å². The molecular weight excluding hydrogens is 198 g/mol. The van der Waals surface area contributed by atoms with E-state index in [1.807, 2.05) is 0 Å². The first-order valence-electron chi connectivity index (χ1n) is 6.05. The maximum atomic E-state index is 5.36. The van der Waals surface area contributed by atoms with E-state index in [1.165, 1.54) is 36.1 Å². The lowest BCUT2D eigenvalue weighted by Gasteiger charge is -2.11. The van der Waals surface area contributed by atoms with E-state index in [0.717, 1.165) is 18.2 Å². The highest BCUT2D eigenvalue weighted by Gasteiger charge is 2.20. The number of ether oxygens (including phenoxy) is 1. The third-order valence-electron chi connectivity index (χ3n) is 3.18. The third-order valence-corrected chi connectivity index (χ3v) is 3.18. The molecule has 0 atom stereocenters. The van der Waals surface area contributed by atoms with Gasteiger partial charge in [0.15, 0.2) is 0 Å². The van der Waals surface area contributed by atoms with Gasteiger partial charge in [0.1, 0.15) is 5.75 Å². The van der Waals surface area contributed by atoms with Gasteiger partial charge in [-0.2, -0.15) is 0 Å². The number of aryl methyl sites for hydroxylation is 2. The van der Waals surface area contributed by atoms with Crippen molar-refractivity contribution in [2.45, 2.75) is 33.2 Å². The molecule has 16 heavy (non-hydrogen) atoms. The monoisotopic (exact) mass is 219 g/mol. The Morgan fingerprint density at radius 2 is 1.88 bits per heavy atom. The van der Waals surface area contributed by atoms with Crippen LogP contribution in [0.25, 0.3) is 0 Å². The Labute approximate surface area is 98.0 Å². The van der Waals surface area contributed by atoms with Crippen LogP contribution >= 0.6 is 0 Å². The molecular formula is C14H21NO. The highest BCUT2D eigenvalue weighted by atomic mass is 16.5. The molecule has 0 aromatic heterocycles.